The van der Waals surface area contributed by atoms with Gasteiger partial charge in [0, 0.05) is 18.6 Å². The highest BCUT2D eigenvalue weighted by Crippen LogP contribution is 2.55. The van der Waals surface area contributed by atoms with Crippen LogP contribution in [0.15, 0.2) is 42.9 Å². The zero-order chi connectivity index (χ0) is 18.3. The summed E-state index contributed by atoms with van der Waals surface area (Å²) in [6.45, 7) is 0. The Balaban J connectivity index is 1.56. The zero-order valence-corrected chi connectivity index (χ0v) is 13.8. The van der Waals surface area contributed by atoms with Crippen molar-refractivity contribution in [2.75, 3.05) is 7.11 Å². The van der Waals surface area contributed by atoms with E-state index in [-0.39, 0.29) is 29.1 Å². The Morgan fingerprint density at radius 1 is 0.962 bits per heavy atom. The third-order valence-corrected chi connectivity index (χ3v) is 4.53. The summed E-state index contributed by atoms with van der Waals surface area (Å²) < 4.78 is 45.9. The van der Waals surface area contributed by atoms with Crippen molar-refractivity contribution in [3.63, 3.8) is 0 Å². The first kappa shape index (κ1) is 16.5. The van der Waals surface area contributed by atoms with Crippen LogP contribution in [-0.2, 0) is 0 Å². The summed E-state index contributed by atoms with van der Waals surface area (Å²) in [5, 5.41) is 0. The number of hydrogen-bond donors (Lipinski definition) is 0. The molecule has 0 bridgehead atoms. The van der Waals surface area contributed by atoms with Crippen molar-refractivity contribution in [2.45, 2.75) is 18.3 Å². The van der Waals surface area contributed by atoms with Crippen LogP contribution >= 0.6 is 0 Å². The fourth-order valence-corrected chi connectivity index (χ4v) is 3.08. The molecular weight excluding hydrogens is 343 g/mol. The Morgan fingerprint density at radius 3 is 2.38 bits per heavy atom. The molecule has 1 aliphatic carbocycles. The Labute approximate surface area is 147 Å². The number of hydrogen-bond acceptors (Lipinski definition) is 4. The molecule has 2 heterocycles. The third-order valence-electron chi connectivity index (χ3n) is 4.53. The molecule has 1 saturated carbocycles. The number of ether oxygens (including phenoxy) is 1. The minimum atomic E-state index is -0.987. The average molecular weight is 357 g/mol. The molecule has 1 fully saturated rings. The first-order chi connectivity index (χ1) is 12.6. The minimum absolute atomic E-state index is 0.0417. The molecule has 1 aromatic carbocycles. The Hall–Kier alpha value is -2.96. The van der Waals surface area contributed by atoms with E-state index in [0.717, 1.165) is 12.0 Å². The molecule has 3 aromatic rings. The summed E-state index contributed by atoms with van der Waals surface area (Å²) in [5.74, 6) is -2.16. The molecule has 7 heteroatoms. The topological polar surface area (TPSA) is 47.9 Å². The minimum Gasteiger partial charge on any atom is -0.494 e. The standard InChI is InChI=1S/C19H14F3N3O/c1-26-16-6-10(5-15(21)17(16)22)12-7-13(12)11-8-24-19(25-9-11)18-14(20)3-2-4-23-18/h2-6,8-9,12-13H,7H2,1H3/t12-,13+/m1/s1. The lowest BCUT2D eigenvalue weighted by atomic mass is 10.1. The summed E-state index contributed by atoms with van der Waals surface area (Å²) >= 11 is 0. The SMILES string of the molecule is COc1cc([C@H]2C[C@H]2c2cnc(-c3ncccc3F)nc2)cc(F)c1F. The summed E-state index contributed by atoms with van der Waals surface area (Å²) in [6, 6.07) is 5.51. The van der Waals surface area contributed by atoms with Gasteiger partial charge in [0.15, 0.2) is 23.2 Å². The van der Waals surface area contributed by atoms with E-state index in [9.17, 15) is 13.2 Å². The molecule has 0 amide bonds. The van der Waals surface area contributed by atoms with Crippen molar-refractivity contribution in [1.82, 2.24) is 15.0 Å². The monoisotopic (exact) mass is 357 g/mol. The second-order valence-corrected chi connectivity index (χ2v) is 6.14. The Bertz CT molecular complexity index is 963. The van der Waals surface area contributed by atoms with E-state index >= 15 is 0 Å². The van der Waals surface area contributed by atoms with Gasteiger partial charge in [-0.3, -0.25) is 0 Å². The molecule has 26 heavy (non-hydrogen) atoms. The van der Waals surface area contributed by atoms with E-state index in [1.54, 1.807) is 12.4 Å². The predicted molar refractivity (Wildman–Crippen MR) is 88.2 cm³/mol. The number of methoxy groups -OCH3 is 1. The molecule has 0 saturated heterocycles. The molecule has 0 radical (unpaired) electrons. The summed E-state index contributed by atoms with van der Waals surface area (Å²) in [4.78, 5) is 12.3. The molecule has 1 aliphatic rings. The number of aromatic nitrogens is 3. The van der Waals surface area contributed by atoms with Crippen LogP contribution in [0.3, 0.4) is 0 Å². The van der Waals surface area contributed by atoms with Gasteiger partial charge in [-0.2, -0.15) is 4.39 Å². The molecule has 0 unspecified atom stereocenters. The predicted octanol–water partition coefficient (Wildman–Crippen LogP) is 4.24. The van der Waals surface area contributed by atoms with Gasteiger partial charge in [0.1, 0.15) is 5.69 Å². The van der Waals surface area contributed by atoms with Crippen LogP contribution in [0, 0.1) is 17.5 Å². The van der Waals surface area contributed by atoms with Gasteiger partial charge in [-0.05, 0) is 53.6 Å². The lowest BCUT2D eigenvalue weighted by molar-refractivity contribution is 0.371. The second kappa shape index (κ2) is 6.40. The molecule has 2 aromatic heterocycles. The highest BCUT2D eigenvalue weighted by atomic mass is 19.2. The van der Waals surface area contributed by atoms with E-state index in [4.69, 9.17) is 4.74 Å². The van der Waals surface area contributed by atoms with Gasteiger partial charge in [-0.15, -0.1) is 0 Å². The van der Waals surface area contributed by atoms with Gasteiger partial charge in [0.2, 0.25) is 5.82 Å². The molecule has 4 nitrogen and oxygen atoms in total. The van der Waals surface area contributed by atoms with Gasteiger partial charge in [-0.1, -0.05) is 0 Å². The summed E-state index contributed by atoms with van der Waals surface area (Å²) in [5.41, 5.74) is 1.63. The molecule has 4 rings (SSSR count). The normalized spacial score (nSPS) is 18.6. The smallest absolute Gasteiger partial charge is 0.200 e. The Morgan fingerprint density at radius 2 is 1.69 bits per heavy atom. The Kier molecular flexibility index (Phi) is 4.06. The van der Waals surface area contributed by atoms with E-state index < -0.39 is 17.5 Å². The van der Waals surface area contributed by atoms with Crippen LogP contribution in [-0.4, -0.2) is 22.1 Å². The van der Waals surface area contributed by atoms with Gasteiger partial charge in [0.05, 0.1) is 7.11 Å². The molecule has 0 spiro atoms. The number of benzene rings is 1. The lowest BCUT2D eigenvalue weighted by Crippen LogP contribution is -1.97. The van der Waals surface area contributed by atoms with Crippen molar-refractivity contribution in [3.05, 3.63) is 71.4 Å². The molecule has 2 atom stereocenters. The molecule has 132 valence electrons. The van der Waals surface area contributed by atoms with Gasteiger partial charge in [0.25, 0.3) is 0 Å². The average Bonchev–Trinajstić information content (AvgIpc) is 3.45. The van der Waals surface area contributed by atoms with Crippen LogP contribution in [0.2, 0.25) is 0 Å². The quantitative estimate of drug-likeness (QED) is 0.701. The van der Waals surface area contributed by atoms with Gasteiger partial charge < -0.3 is 4.74 Å². The fourth-order valence-electron chi connectivity index (χ4n) is 3.08. The van der Waals surface area contributed by atoms with Gasteiger partial charge >= 0.3 is 0 Å². The summed E-state index contributed by atoms with van der Waals surface area (Å²) in [6.07, 6.45) is 5.49. The fraction of sp³-hybridized carbons (Fsp3) is 0.211. The molecule has 0 N–H and O–H groups in total. The van der Waals surface area contributed by atoms with Gasteiger partial charge in [-0.25, -0.2) is 23.7 Å². The third kappa shape index (κ3) is 2.89. The van der Waals surface area contributed by atoms with Crippen LogP contribution in [0.1, 0.15) is 29.4 Å². The number of pyridine rings is 1. The van der Waals surface area contributed by atoms with Crippen molar-refractivity contribution < 1.29 is 17.9 Å². The molecular formula is C19H14F3N3O. The van der Waals surface area contributed by atoms with Crippen LogP contribution in [0.25, 0.3) is 11.5 Å². The van der Waals surface area contributed by atoms with Crippen LogP contribution in [0.4, 0.5) is 13.2 Å². The van der Waals surface area contributed by atoms with E-state index in [2.05, 4.69) is 15.0 Å². The van der Waals surface area contributed by atoms with Crippen molar-refractivity contribution >= 4 is 0 Å². The highest BCUT2D eigenvalue weighted by Gasteiger charge is 2.40. The van der Waals surface area contributed by atoms with Crippen molar-refractivity contribution in [1.29, 1.82) is 0 Å². The number of nitrogens with zero attached hydrogens (tertiary/aromatic N) is 3. The van der Waals surface area contributed by atoms with E-state index in [0.29, 0.717) is 5.56 Å². The second-order valence-electron chi connectivity index (χ2n) is 6.14. The number of halogens is 3. The summed E-state index contributed by atoms with van der Waals surface area (Å²) in [7, 11) is 1.30. The zero-order valence-electron chi connectivity index (χ0n) is 13.8. The number of rotatable bonds is 4. The first-order valence-corrected chi connectivity index (χ1v) is 8.04. The largest absolute Gasteiger partial charge is 0.494 e. The van der Waals surface area contributed by atoms with Crippen LogP contribution in [0.5, 0.6) is 5.75 Å². The van der Waals surface area contributed by atoms with Crippen LogP contribution < -0.4 is 4.74 Å². The maximum Gasteiger partial charge on any atom is 0.200 e. The lowest BCUT2D eigenvalue weighted by Gasteiger charge is -2.07. The van der Waals surface area contributed by atoms with Crippen molar-refractivity contribution in [2.24, 2.45) is 0 Å². The maximum absolute atomic E-state index is 13.8. The highest BCUT2D eigenvalue weighted by molar-refractivity contribution is 5.49. The van der Waals surface area contributed by atoms with Crippen molar-refractivity contribution in [3.8, 4) is 17.3 Å². The van der Waals surface area contributed by atoms with E-state index in [1.165, 1.54) is 37.6 Å². The van der Waals surface area contributed by atoms with E-state index in [1.807, 2.05) is 0 Å². The molecule has 0 aliphatic heterocycles. The first-order valence-electron chi connectivity index (χ1n) is 8.04. The maximum atomic E-state index is 13.8.